The fourth-order valence-corrected chi connectivity index (χ4v) is 3.88. The summed E-state index contributed by atoms with van der Waals surface area (Å²) in [7, 11) is 1.59. The van der Waals surface area contributed by atoms with Crippen molar-refractivity contribution < 1.29 is 23.9 Å². The highest BCUT2D eigenvalue weighted by Gasteiger charge is 2.52. The maximum Gasteiger partial charge on any atom is 0.327 e. The molecule has 8 heteroatoms. The lowest BCUT2D eigenvalue weighted by Gasteiger charge is -2.33. The Morgan fingerprint density at radius 1 is 1.24 bits per heavy atom. The molecule has 1 heterocycles. The molecule has 1 spiro atoms. The van der Waals surface area contributed by atoms with Gasteiger partial charge in [-0.1, -0.05) is 25.1 Å². The Hall–Kier alpha value is -2.90. The smallest absolute Gasteiger partial charge is 0.327 e. The molecule has 3 rings (SSSR count). The Kier molecular flexibility index (Phi) is 5.91. The van der Waals surface area contributed by atoms with E-state index in [1.165, 1.54) is 11.8 Å². The summed E-state index contributed by atoms with van der Waals surface area (Å²) >= 11 is 0. The standard InChI is InChI=1S/C21H27N3O5/c1-14-9-11-21(12-10-14)19(27)24(20(28)22-21)13-17(25)29-15(2)18(26)23(3)16-7-5-4-6-8-16/h4-8,14-15H,9-13H2,1-3H3,(H,22,28)/t14?,15-,21?/m0/s1. The first-order chi connectivity index (χ1) is 13.7. The molecule has 2 fully saturated rings. The third kappa shape index (κ3) is 4.26. The van der Waals surface area contributed by atoms with E-state index in [-0.39, 0.29) is 5.91 Å². The van der Waals surface area contributed by atoms with Gasteiger partial charge in [0.15, 0.2) is 6.10 Å². The number of para-hydroxylation sites is 1. The Morgan fingerprint density at radius 3 is 2.48 bits per heavy atom. The van der Waals surface area contributed by atoms with Gasteiger partial charge in [-0.25, -0.2) is 4.79 Å². The van der Waals surface area contributed by atoms with Gasteiger partial charge in [0.25, 0.3) is 11.8 Å². The molecule has 156 valence electrons. The zero-order chi connectivity index (χ0) is 21.2. The SMILES string of the molecule is CC1CCC2(CC1)NC(=O)N(CC(=O)O[C@@H](C)C(=O)N(C)c1ccccc1)C2=O. The molecular weight excluding hydrogens is 374 g/mol. The van der Waals surface area contributed by atoms with Gasteiger partial charge in [0, 0.05) is 12.7 Å². The maximum absolute atomic E-state index is 12.8. The highest BCUT2D eigenvalue weighted by atomic mass is 16.5. The average molecular weight is 401 g/mol. The van der Waals surface area contributed by atoms with E-state index in [1.54, 1.807) is 31.3 Å². The molecule has 1 saturated heterocycles. The Morgan fingerprint density at radius 2 is 1.86 bits per heavy atom. The van der Waals surface area contributed by atoms with Crippen molar-refractivity contribution in [3.63, 3.8) is 0 Å². The van der Waals surface area contributed by atoms with Crippen LogP contribution in [0.1, 0.15) is 39.5 Å². The minimum Gasteiger partial charge on any atom is -0.451 e. The third-order valence-electron chi connectivity index (χ3n) is 5.79. The van der Waals surface area contributed by atoms with Crippen LogP contribution in [-0.2, 0) is 19.1 Å². The number of imide groups is 1. The van der Waals surface area contributed by atoms with Crippen molar-refractivity contribution in [1.29, 1.82) is 0 Å². The van der Waals surface area contributed by atoms with Gasteiger partial charge in [-0.3, -0.25) is 19.3 Å². The minimum absolute atomic E-state index is 0.383. The summed E-state index contributed by atoms with van der Waals surface area (Å²) < 4.78 is 5.20. The molecule has 0 radical (unpaired) electrons. The molecule has 4 amide bonds. The highest BCUT2D eigenvalue weighted by molar-refractivity contribution is 6.09. The molecular formula is C21H27N3O5. The molecule has 1 aliphatic carbocycles. The van der Waals surface area contributed by atoms with Crippen molar-refractivity contribution in [3.05, 3.63) is 30.3 Å². The average Bonchev–Trinajstić information content (AvgIpc) is 2.94. The van der Waals surface area contributed by atoms with Gasteiger partial charge in [0.05, 0.1) is 0 Å². The Bertz CT molecular complexity index is 802. The van der Waals surface area contributed by atoms with Crippen LogP contribution < -0.4 is 10.2 Å². The maximum atomic E-state index is 12.8. The fourth-order valence-electron chi connectivity index (χ4n) is 3.88. The highest BCUT2D eigenvalue weighted by Crippen LogP contribution is 2.36. The van der Waals surface area contributed by atoms with Crippen molar-refractivity contribution >= 4 is 29.5 Å². The summed E-state index contributed by atoms with van der Waals surface area (Å²) in [6, 6.07) is 8.39. The van der Waals surface area contributed by atoms with Crippen LogP contribution in [0.2, 0.25) is 0 Å². The van der Waals surface area contributed by atoms with Gasteiger partial charge in [0.1, 0.15) is 12.1 Å². The van der Waals surface area contributed by atoms with Crippen LogP contribution in [0.5, 0.6) is 0 Å². The van der Waals surface area contributed by atoms with Crippen molar-refractivity contribution in [2.24, 2.45) is 5.92 Å². The van der Waals surface area contributed by atoms with Crippen LogP contribution >= 0.6 is 0 Å². The quantitative estimate of drug-likeness (QED) is 0.602. The number of amides is 4. The predicted molar refractivity (Wildman–Crippen MR) is 106 cm³/mol. The molecule has 1 aromatic rings. The van der Waals surface area contributed by atoms with E-state index >= 15 is 0 Å². The zero-order valence-electron chi connectivity index (χ0n) is 17.0. The zero-order valence-corrected chi connectivity index (χ0v) is 17.0. The second-order valence-corrected chi connectivity index (χ2v) is 7.95. The fraction of sp³-hybridized carbons (Fsp3) is 0.524. The number of esters is 1. The van der Waals surface area contributed by atoms with E-state index < -0.39 is 36.1 Å². The monoisotopic (exact) mass is 401 g/mol. The predicted octanol–water partition coefficient (Wildman–Crippen LogP) is 2.08. The topological polar surface area (TPSA) is 96.0 Å². The van der Waals surface area contributed by atoms with E-state index in [0.29, 0.717) is 24.4 Å². The van der Waals surface area contributed by atoms with Crippen LogP contribution in [0.25, 0.3) is 0 Å². The van der Waals surface area contributed by atoms with E-state index in [0.717, 1.165) is 17.7 Å². The van der Waals surface area contributed by atoms with Gasteiger partial charge in [-0.05, 0) is 50.7 Å². The molecule has 29 heavy (non-hydrogen) atoms. The molecule has 1 atom stereocenters. The molecule has 0 bridgehead atoms. The molecule has 1 aliphatic heterocycles. The van der Waals surface area contributed by atoms with Gasteiger partial charge in [0.2, 0.25) is 0 Å². The largest absolute Gasteiger partial charge is 0.451 e. The Labute approximate surface area is 170 Å². The van der Waals surface area contributed by atoms with Crippen molar-refractivity contribution in [1.82, 2.24) is 10.2 Å². The number of ether oxygens (including phenoxy) is 1. The molecule has 1 saturated carbocycles. The normalized spacial score (nSPS) is 24.9. The van der Waals surface area contributed by atoms with E-state index in [9.17, 15) is 19.2 Å². The molecule has 2 aliphatic rings. The number of benzene rings is 1. The lowest BCUT2D eigenvalue weighted by atomic mass is 9.77. The summed E-state index contributed by atoms with van der Waals surface area (Å²) in [5, 5.41) is 2.77. The lowest BCUT2D eigenvalue weighted by Crippen LogP contribution is -2.49. The lowest BCUT2D eigenvalue weighted by molar-refractivity contribution is -0.156. The van der Waals surface area contributed by atoms with Crippen LogP contribution in [0, 0.1) is 5.92 Å². The van der Waals surface area contributed by atoms with Crippen LogP contribution in [0.4, 0.5) is 10.5 Å². The first-order valence-corrected chi connectivity index (χ1v) is 9.90. The van der Waals surface area contributed by atoms with Crippen molar-refractivity contribution in [2.75, 3.05) is 18.5 Å². The van der Waals surface area contributed by atoms with E-state index in [2.05, 4.69) is 12.2 Å². The number of hydrogen-bond donors (Lipinski definition) is 1. The number of nitrogens with zero attached hydrogens (tertiary/aromatic N) is 2. The van der Waals surface area contributed by atoms with Crippen LogP contribution in [-0.4, -0.2) is 54.0 Å². The Balaban J connectivity index is 1.58. The number of carbonyl (C=O) groups is 4. The number of rotatable bonds is 5. The summed E-state index contributed by atoms with van der Waals surface area (Å²) in [6.45, 7) is 3.08. The van der Waals surface area contributed by atoms with Gasteiger partial charge in [-0.15, -0.1) is 0 Å². The molecule has 0 unspecified atom stereocenters. The molecule has 0 aromatic heterocycles. The third-order valence-corrected chi connectivity index (χ3v) is 5.79. The summed E-state index contributed by atoms with van der Waals surface area (Å²) in [5.74, 6) is -1.07. The van der Waals surface area contributed by atoms with Gasteiger partial charge >= 0.3 is 12.0 Å². The second kappa shape index (κ2) is 8.23. The number of carbonyl (C=O) groups excluding carboxylic acids is 4. The summed E-state index contributed by atoms with van der Waals surface area (Å²) in [5.41, 5.74) is -0.235. The molecule has 1 aromatic carbocycles. The molecule has 1 N–H and O–H groups in total. The summed E-state index contributed by atoms with van der Waals surface area (Å²) in [6.07, 6.45) is 1.80. The van der Waals surface area contributed by atoms with E-state index in [4.69, 9.17) is 4.74 Å². The van der Waals surface area contributed by atoms with Crippen LogP contribution in [0.15, 0.2) is 30.3 Å². The van der Waals surface area contributed by atoms with Crippen molar-refractivity contribution in [2.45, 2.75) is 51.2 Å². The van der Waals surface area contributed by atoms with Crippen LogP contribution in [0.3, 0.4) is 0 Å². The number of anilines is 1. The van der Waals surface area contributed by atoms with E-state index in [1.807, 2.05) is 6.07 Å². The first-order valence-electron chi connectivity index (χ1n) is 9.90. The number of likely N-dealkylation sites (N-methyl/N-ethyl adjacent to an activating group) is 1. The number of hydrogen-bond acceptors (Lipinski definition) is 5. The second-order valence-electron chi connectivity index (χ2n) is 7.95. The first kappa shape index (κ1) is 20.8. The summed E-state index contributed by atoms with van der Waals surface area (Å²) in [4.78, 5) is 52.2. The minimum atomic E-state index is -1.04. The van der Waals surface area contributed by atoms with Gasteiger partial charge < -0.3 is 15.0 Å². The van der Waals surface area contributed by atoms with Gasteiger partial charge in [-0.2, -0.15) is 0 Å². The van der Waals surface area contributed by atoms with Crippen molar-refractivity contribution in [3.8, 4) is 0 Å². The molecule has 8 nitrogen and oxygen atoms in total. The number of urea groups is 1. The number of nitrogens with one attached hydrogen (secondary N) is 1.